The van der Waals surface area contributed by atoms with Crippen molar-refractivity contribution in [2.24, 2.45) is 0 Å². The quantitative estimate of drug-likeness (QED) is 0.294. The van der Waals surface area contributed by atoms with Gasteiger partial charge in [-0.05, 0) is 73.7 Å². The van der Waals surface area contributed by atoms with Gasteiger partial charge >= 0.3 is 12.1 Å². The molecule has 0 unspecified atom stereocenters. The normalized spacial score (nSPS) is 17.3. The smallest absolute Gasteiger partial charge is 0.416 e. The highest BCUT2D eigenvalue weighted by Crippen LogP contribution is 2.33. The number of hydrogen-bond acceptors (Lipinski definition) is 5. The molecule has 6 nitrogen and oxygen atoms in total. The molecule has 0 bridgehead atoms. The monoisotopic (exact) mass is 560 g/mol. The van der Waals surface area contributed by atoms with Crippen molar-refractivity contribution >= 4 is 29.2 Å². The van der Waals surface area contributed by atoms with Crippen molar-refractivity contribution in [2.45, 2.75) is 50.6 Å². The number of carbonyl (C=O) groups excluding carboxylic acids is 2. The van der Waals surface area contributed by atoms with Crippen LogP contribution in [-0.2, 0) is 17.5 Å². The molecule has 0 aromatic heterocycles. The number of hydrogen-bond donors (Lipinski definition) is 2. The number of methoxy groups -OCH3 is 1. The lowest BCUT2D eigenvalue weighted by Crippen LogP contribution is -2.32. The van der Waals surface area contributed by atoms with Crippen LogP contribution in [0.2, 0.25) is 5.02 Å². The van der Waals surface area contributed by atoms with Crippen LogP contribution in [0.1, 0.15) is 57.5 Å². The zero-order valence-electron chi connectivity index (χ0n) is 21.2. The lowest BCUT2D eigenvalue weighted by Gasteiger charge is -2.30. The summed E-state index contributed by atoms with van der Waals surface area (Å²) in [6.45, 7) is 0.0656. The SMILES string of the molecule is COc1ccc(CNC(=O)c2cc(C(F)(F)F)ccc2NC2CCC(OC(=O)c3ccccc3)CC2)cc1Cl. The second-order valence-electron chi connectivity index (χ2n) is 9.30. The Morgan fingerprint density at radius 2 is 1.69 bits per heavy atom. The number of benzene rings is 3. The number of anilines is 1. The number of alkyl halides is 3. The van der Waals surface area contributed by atoms with E-state index in [9.17, 15) is 22.8 Å². The second-order valence-corrected chi connectivity index (χ2v) is 9.71. The van der Waals surface area contributed by atoms with Gasteiger partial charge in [-0.3, -0.25) is 4.79 Å². The highest BCUT2D eigenvalue weighted by atomic mass is 35.5. The molecule has 0 atom stereocenters. The van der Waals surface area contributed by atoms with Crippen LogP contribution in [-0.4, -0.2) is 31.1 Å². The number of esters is 1. The summed E-state index contributed by atoms with van der Waals surface area (Å²) in [5.74, 6) is -0.562. The Kier molecular flexibility index (Phi) is 9.01. The third-order valence-electron chi connectivity index (χ3n) is 6.58. The van der Waals surface area contributed by atoms with Gasteiger partial charge in [-0.2, -0.15) is 13.2 Å². The van der Waals surface area contributed by atoms with E-state index in [-0.39, 0.29) is 30.2 Å². The molecule has 0 radical (unpaired) electrons. The maximum absolute atomic E-state index is 13.4. The topological polar surface area (TPSA) is 76.7 Å². The first-order chi connectivity index (χ1) is 18.6. The van der Waals surface area contributed by atoms with Gasteiger partial charge in [0.1, 0.15) is 11.9 Å². The summed E-state index contributed by atoms with van der Waals surface area (Å²) in [6.07, 6.45) is -2.41. The Bertz CT molecular complexity index is 1310. The molecule has 1 aliphatic carbocycles. The Labute approximate surface area is 229 Å². The molecule has 0 saturated heterocycles. The average molecular weight is 561 g/mol. The maximum atomic E-state index is 13.4. The molecule has 1 saturated carbocycles. The average Bonchev–Trinajstić information content (AvgIpc) is 2.93. The van der Waals surface area contributed by atoms with Crippen LogP contribution in [0.4, 0.5) is 18.9 Å². The predicted molar refractivity (Wildman–Crippen MR) is 142 cm³/mol. The minimum Gasteiger partial charge on any atom is -0.495 e. The van der Waals surface area contributed by atoms with Crippen LogP contribution < -0.4 is 15.4 Å². The first-order valence-electron chi connectivity index (χ1n) is 12.5. The molecule has 1 fully saturated rings. The van der Waals surface area contributed by atoms with Crippen molar-refractivity contribution in [1.82, 2.24) is 5.32 Å². The van der Waals surface area contributed by atoms with E-state index < -0.39 is 17.6 Å². The number of ether oxygens (including phenoxy) is 2. The minimum atomic E-state index is -4.60. The van der Waals surface area contributed by atoms with Crippen molar-refractivity contribution in [3.63, 3.8) is 0 Å². The Morgan fingerprint density at radius 3 is 2.33 bits per heavy atom. The zero-order valence-corrected chi connectivity index (χ0v) is 21.9. The van der Waals surface area contributed by atoms with Crippen LogP contribution >= 0.6 is 11.6 Å². The molecule has 0 heterocycles. The van der Waals surface area contributed by atoms with E-state index in [4.69, 9.17) is 21.1 Å². The van der Waals surface area contributed by atoms with E-state index in [1.54, 1.807) is 42.5 Å². The van der Waals surface area contributed by atoms with E-state index in [0.29, 0.717) is 53.3 Å². The molecule has 3 aromatic rings. The summed E-state index contributed by atoms with van der Waals surface area (Å²) in [6, 6.07) is 16.7. The van der Waals surface area contributed by atoms with E-state index in [1.165, 1.54) is 13.2 Å². The van der Waals surface area contributed by atoms with E-state index in [1.807, 2.05) is 6.07 Å². The van der Waals surface area contributed by atoms with Gasteiger partial charge < -0.3 is 20.1 Å². The molecular weight excluding hydrogens is 533 g/mol. The summed E-state index contributed by atoms with van der Waals surface area (Å²) < 4.78 is 51.0. The van der Waals surface area contributed by atoms with Crippen LogP contribution in [0.25, 0.3) is 0 Å². The molecule has 0 aliphatic heterocycles. The summed E-state index contributed by atoms with van der Waals surface area (Å²) in [7, 11) is 1.48. The molecule has 3 aromatic carbocycles. The zero-order chi connectivity index (χ0) is 28.0. The highest BCUT2D eigenvalue weighted by molar-refractivity contribution is 6.32. The van der Waals surface area contributed by atoms with Gasteiger partial charge in [-0.1, -0.05) is 35.9 Å². The fourth-order valence-electron chi connectivity index (χ4n) is 4.47. The molecule has 10 heteroatoms. The molecule has 2 N–H and O–H groups in total. The lowest BCUT2D eigenvalue weighted by atomic mass is 9.92. The largest absolute Gasteiger partial charge is 0.495 e. The first kappa shape index (κ1) is 28.3. The van der Waals surface area contributed by atoms with Gasteiger partial charge in [0.25, 0.3) is 5.91 Å². The number of carbonyl (C=O) groups is 2. The molecule has 0 spiro atoms. The van der Waals surface area contributed by atoms with Gasteiger partial charge in [0.15, 0.2) is 0 Å². The molecule has 39 heavy (non-hydrogen) atoms. The van der Waals surface area contributed by atoms with Gasteiger partial charge in [0, 0.05) is 18.3 Å². The molecule has 206 valence electrons. The summed E-state index contributed by atoms with van der Waals surface area (Å²) >= 11 is 6.14. The van der Waals surface area contributed by atoms with Crippen molar-refractivity contribution in [2.75, 3.05) is 12.4 Å². The Hall–Kier alpha value is -3.72. The molecular formula is C29H28ClF3N2O4. The summed E-state index contributed by atoms with van der Waals surface area (Å²) in [5, 5.41) is 6.27. The molecule has 1 amide bonds. The van der Waals surface area contributed by atoms with Gasteiger partial charge in [0.2, 0.25) is 0 Å². The van der Waals surface area contributed by atoms with Crippen molar-refractivity contribution < 1.29 is 32.2 Å². The number of rotatable bonds is 8. The third kappa shape index (κ3) is 7.44. The molecule has 4 rings (SSSR count). The van der Waals surface area contributed by atoms with Gasteiger partial charge in [-0.25, -0.2) is 4.79 Å². The minimum absolute atomic E-state index is 0.0656. The summed E-state index contributed by atoms with van der Waals surface area (Å²) in [5.41, 5.74) is 0.427. The predicted octanol–water partition coefficient (Wildman–Crippen LogP) is 6.88. The molecule has 1 aliphatic rings. The standard InChI is InChI=1S/C29H28ClF3N2O4/c1-38-26-14-7-18(15-24(26)30)17-34-27(36)23-16-20(29(31,32)33)8-13-25(23)35-21-9-11-22(12-10-21)39-28(37)19-5-3-2-4-6-19/h2-8,13-16,21-22,35H,9-12,17H2,1H3,(H,34,36). The highest BCUT2D eigenvalue weighted by Gasteiger charge is 2.32. The van der Waals surface area contributed by atoms with E-state index in [0.717, 1.165) is 12.1 Å². The summed E-state index contributed by atoms with van der Waals surface area (Å²) in [4.78, 5) is 25.4. The Morgan fingerprint density at radius 1 is 0.974 bits per heavy atom. The van der Waals surface area contributed by atoms with Crippen molar-refractivity contribution in [3.8, 4) is 5.75 Å². The second kappa shape index (κ2) is 12.4. The van der Waals surface area contributed by atoms with Gasteiger partial charge in [0.05, 0.1) is 28.8 Å². The lowest BCUT2D eigenvalue weighted by molar-refractivity contribution is -0.137. The van der Waals surface area contributed by atoms with E-state index in [2.05, 4.69) is 10.6 Å². The van der Waals surface area contributed by atoms with Crippen molar-refractivity contribution in [1.29, 1.82) is 0 Å². The van der Waals surface area contributed by atoms with E-state index >= 15 is 0 Å². The van der Waals surface area contributed by atoms with Crippen LogP contribution in [0.5, 0.6) is 5.75 Å². The van der Waals surface area contributed by atoms with Gasteiger partial charge in [-0.15, -0.1) is 0 Å². The fourth-order valence-corrected chi connectivity index (χ4v) is 4.75. The van der Waals surface area contributed by atoms with Crippen molar-refractivity contribution in [3.05, 3.63) is 94.0 Å². The fraction of sp³-hybridized carbons (Fsp3) is 0.310. The van der Waals surface area contributed by atoms with Crippen LogP contribution in [0.3, 0.4) is 0 Å². The first-order valence-corrected chi connectivity index (χ1v) is 12.9. The number of nitrogens with one attached hydrogen (secondary N) is 2. The maximum Gasteiger partial charge on any atom is 0.416 e. The Balaban J connectivity index is 1.41. The third-order valence-corrected chi connectivity index (χ3v) is 6.87. The number of amides is 1. The van der Waals surface area contributed by atoms with Crippen LogP contribution in [0, 0.1) is 0 Å². The number of halogens is 4. The van der Waals surface area contributed by atoms with Crippen LogP contribution in [0.15, 0.2) is 66.7 Å².